The first-order valence-electron chi connectivity index (χ1n) is 5.15. The van der Waals surface area contributed by atoms with E-state index in [4.69, 9.17) is 0 Å². The van der Waals surface area contributed by atoms with Crippen LogP contribution in [0.15, 0.2) is 0 Å². The Balaban J connectivity index is 1.92. The van der Waals surface area contributed by atoms with Crippen LogP contribution in [0.25, 0.3) is 0 Å². The van der Waals surface area contributed by atoms with Crippen LogP contribution in [-0.2, 0) is 0 Å². The van der Waals surface area contributed by atoms with Crippen molar-refractivity contribution >= 4 is 0 Å². The van der Waals surface area contributed by atoms with Gasteiger partial charge in [-0.3, -0.25) is 0 Å². The first-order chi connectivity index (χ1) is 5.42. The highest BCUT2D eigenvalue weighted by atomic mass is 16.3. The third-order valence-corrected chi connectivity index (χ3v) is 3.88. The van der Waals surface area contributed by atoms with E-state index in [0.29, 0.717) is 0 Å². The monoisotopic (exact) mass is 168 g/mol. The van der Waals surface area contributed by atoms with Crippen molar-refractivity contribution in [3.63, 3.8) is 0 Å². The Labute approximate surface area is 75.2 Å². The van der Waals surface area contributed by atoms with Gasteiger partial charge in [-0.1, -0.05) is 20.8 Å². The Bertz CT molecular complexity index is 180. The topological polar surface area (TPSA) is 20.2 Å². The van der Waals surface area contributed by atoms with E-state index in [2.05, 4.69) is 20.8 Å². The van der Waals surface area contributed by atoms with E-state index >= 15 is 0 Å². The summed E-state index contributed by atoms with van der Waals surface area (Å²) in [6.07, 6.45) is 4.96. The predicted molar refractivity (Wildman–Crippen MR) is 49.9 cm³/mol. The fraction of sp³-hybridized carbons (Fsp3) is 1.00. The van der Waals surface area contributed by atoms with E-state index < -0.39 is 0 Å². The van der Waals surface area contributed by atoms with Gasteiger partial charge in [-0.2, -0.15) is 0 Å². The summed E-state index contributed by atoms with van der Waals surface area (Å²) in [4.78, 5) is 0. The predicted octanol–water partition coefficient (Wildman–Crippen LogP) is 2.58. The molecule has 0 aliphatic heterocycles. The summed E-state index contributed by atoms with van der Waals surface area (Å²) in [5, 5.41) is 10.2. The molecule has 2 aliphatic carbocycles. The number of aliphatic hydroxyl groups is 1. The minimum Gasteiger partial charge on any atom is -0.389 e. The molecule has 0 unspecified atom stereocenters. The van der Waals surface area contributed by atoms with Crippen LogP contribution in [0.2, 0.25) is 0 Å². The standard InChI is InChI=1S/C11H20O/c1-10(2,3)11(12)6-9(7-11)8-4-5-8/h8-9,12H,4-7H2,1-3H3. The van der Waals surface area contributed by atoms with Gasteiger partial charge >= 0.3 is 0 Å². The lowest BCUT2D eigenvalue weighted by atomic mass is 9.58. The Kier molecular flexibility index (Phi) is 1.61. The minimum absolute atomic E-state index is 0.0817. The van der Waals surface area contributed by atoms with E-state index in [-0.39, 0.29) is 11.0 Å². The summed E-state index contributed by atoms with van der Waals surface area (Å²) in [6.45, 7) is 6.45. The largest absolute Gasteiger partial charge is 0.389 e. The second-order valence-corrected chi connectivity index (χ2v) is 5.79. The Morgan fingerprint density at radius 3 is 1.92 bits per heavy atom. The average Bonchev–Trinajstić information content (AvgIpc) is 2.58. The highest BCUT2D eigenvalue weighted by Crippen LogP contribution is 2.56. The van der Waals surface area contributed by atoms with Gasteiger partial charge in [-0.05, 0) is 42.9 Å². The molecule has 2 rings (SSSR count). The van der Waals surface area contributed by atoms with Crippen LogP contribution < -0.4 is 0 Å². The van der Waals surface area contributed by atoms with Crippen molar-refractivity contribution in [3.05, 3.63) is 0 Å². The van der Waals surface area contributed by atoms with Gasteiger partial charge < -0.3 is 5.11 Å². The molecule has 1 nitrogen and oxygen atoms in total. The van der Waals surface area contributed by atoms with Gasteiger partial charge in [0.15, 0.2) is 0 Å². The van der Waals surface area contributed by atoms with Crippen molar-refractivity contribution in [3.8, 4) is 0 Å². The maximum Gasteiger partial charge on any atom is 0.0701 e. The molecule has 1 N–H and O–H groups in total. The molecule has 2 fully saturated rings. The van der Waals surface area contributed by atoms with Crippen molar-refractivity contribution < 1.29 is 5.11 Å². The second-order valence-electron chi connectivity index (χ2n) is 5.79. The number of hydrogen-bond donors (Lipinski definition) is 1. The van der Waals surface area contributed by atoms with Crippen molar-refractivity contribution in [1.29, 1.82) is 0 Å². The molecule has 0 atom stereocenters. The van der Waals surface area contributed by atoms with Crippen LogP contribution in [0.1, 0.15) is 46.5 Å². The lowest BCUT2D eigenvalue weighted by molar-refractivity contribution is -0.152. The Morgan fingerprint density at radius 1 is 1.08 bits per heavy atom. The molecule has 0 bridgehead atoms. The Hall–Kier alpha value is -0.0400. The quantitative estimate of drug-likeness (QED) is 0.638. The van der Waals surface area contributed by atoms with Crippen LogP contribution in [0.4, 0.5) is 0 Å². The Morgan fingerprint density at radius 2 is 1.58 bits per heavy atom. The van der Waals surface area contributed by atoms with Crippen molar-refractivity contribution in [2.45, 2.75) is 52.1 Å². The number of hydrogen-bond acceptors (Lipinski definition) is 1. The lowest BCUT2D eigenvalue weighted by Crippen LogP contribution is -2.53. The normalized spacial score (nSPS) is 42.5. The molecule has 0 amide bonds. The molecule has 0 aromatic rings. The maximum atomic E-state index is 10.2. The molecule has 0 radical (unpaired) electrons. The fourth-order valence-corrected chi connectivity index (χ4v) is 2.32. The molecule has 70 valence electrons. The van der Waals surface area contributed by atoms with E-state index in [1.165, 1.54) is 12.8 Å². The zero-order chi connectivity index (χ0) is 8.98. The van der Waals surface area contributed by atoms with E-state index in [0.717, 1.165) is 24.7 Å². The highest BCUT2D eigenvalue weighted by molar-refractivity contribution is 5.05. The molecule has 1 heteroatoms. The molecule has 0 heterocycles. The first-order valence-corrected chi connectivity index (χ1v) is 5.15. The molecule has 0 saturated heterocycles. The molecule has 0 spiro atoms. The summed E-state index contributed by atoms with van der Waals surface area (Å²) >= 11 is 0. The van der Waals surface area contributed by atoms with Gasteiger partial charge in [0.2, 0.25) is 0 Å². The van der Waals surface area contributed by atoms with Gasteiger partial charge in [0, 0.05) is 0 Å². The van der Waals surface area contributed by atoms with Crippen molar-refractivity contribution in [2.75, 3.05) is 0 Å². The van der Waals surface area contributed by atoms with E-state index in [1.54, 1.807) is 0 Å². The van der Waals surface area contributed by atoms with Gasteiger partial charge in [0.1, 0.15) is 0 Å². The third kappa shape index (κ3) is 1.19. The van der Waals surface area contributed by atoms with Crippen LogP contribution in [0.5, 0.6) is 0 Å². The van der Waals surface area contributed by atoms with Gasteiger partial charge in [0.05, 0.1) is 5.60 Å². The molecular weight excluding hydrogens is 148 g/mol. The summed E-state index contributed by atoms with van der Waals surface area (Å²) in [6, 6.07) is 0. The molecule has 0 aromatic carbocycles. The summed E-state index contributed by atoms with van der Waals surface area (Å²) in [7, 11) is 0. The molecule has 12 heavy (non-hydrogen) atoms. The van der Waals surface area contributed by atoms with Gasteiger partial charge in [0.25, 0.3) is 0 Å². The smallest absolute Gasteiger partial charge is 0.0701 e. The van der Waals surface area contributed by atoms with Gasteiger partial charge in [-0.25, -0.2) is 0 Å². The molecular formula is C11H20O. The summed E-state index contributed by atoms with van der Waals surface area (Å²) in [5.41, 5.74) is -0.265. The van der Waals surface area contributed by atoms with E-state index in [9.17, 15) is 5.11 Å². The lowest BCUT2D eigenvalue weighted by Gasteiger charge is -2.52. The van der Waals surface area contributed by atoms with Crippen molar-refractivity contribution in [2.24, 2.45) is 17.3 Å². The van der Waals surface area contributed by atoms with Crippen LogP contribution in [0.3, 0.4) is 0 Å². The zero-order valence-corrected chi connectivity index (χ0v) is 8.43. The van der Waals surface area contributed by atoms with Crippen molar-refractivity contribution in [1.82, 2.24) is 0 Å². The SMILES string of the molecule is CC(C)(C)C1(O)CC(C2CC2)C1. The summed E-state index contributed by atoms with van der Waals surface area (Å²) < 4.78 is 0. The van der Waals surface area contributed by atoms with Crippen LogP contribution >= 0.6 is 0 Å². The molecule has 0 aromatic heterocycles. The summed E-state index contributed by atoms with van der Waals surface area (Å²) in [5.74, 6) is 1.84. The van der Waals surface area contributed by atoms with Gasteiger partial charge in [-0.15, -0.1) is 0 Å². The van der Waals surface area contributed by atoms with Crippen LogP contribution in [-0.4, -0.2) is 10.7 Å². The highest BCUT2D eigenvalue weighted by Gasteiger charge is 2.54. The third-order valence-electron chi connectivity index (χ3n) is 3.88. The minimum atomic E-state index is -0.347. The van der Waals surface area contributed by atoms with Crippen LogP contribution in [0, 0.1) is 17.3 Å². The zero-order valence-electron chi connectivity index (χ0n) is 8.43. The average molecular weight is 168 g/mol. The molecule has 2 saturated carbocycles. The first kappa shape index (κ1) is 8.55. The molecule has 2 aliphatic rings. The maximum absolute atomic E-state index is 10.2. The second kappa shape index (κ2) is 2.25. The van der Waals surface area contributed by atoms with E-state index in [1.807, 2.05) is 0 Å². The number of rotatable bonds is 1. The fourth-order valence-electron chi connectivity index (χ4n) is 2.32.